The number of carbonyl (C=O) groups excluding carboxylic acids is 1. The highest BCUT2D eigenvalue weighted by atomic mass is 127. The minimum Gasteiger partial charge on any atom is -0.357 e. The van der Waals surface area contributed by atoms with Crippen molar-refractivity contribution in [2.75, 3.05) is 26.2 Å². The molecule has 152 valence electrons. The second kappa shape index (κ2) is 14.3. The van der Waals surface area contributed by atoms with E-state index >= 15 is 0 Å². The number of halogens is 2. The van der Waals surface area contributed by atoms with E-state index in [9.17, 15) is 4.79 Å². The number of nitrogens with zero attached hydrogens (tertiary/aromatic N) is 2. The minimum atomic E-state index is -0.0688. The van der Waals surface area contributed by atoms with Crippen molar-refractivity contribution >= 4 is 51.8 Å². The number of hydrogen-bond donors (Lipinski definition) is 3. The Morgan fingerprint density at radius 2 is 1.96 bits per heavy atom. The van der Waals surface area contributed by atoms with Crippen LogP contribution in [0.1, 0.15) is 29.4 Å². The zero-order valence-corrected chi connectivity index (χ0v) is 19.9. The van der Waals surface area contributed by atoms with E-state index in [-0.39, 0.29) is 29.9 Å². The molecule has 0 fully saturated rings. The summed E-state index contributed by atoms with van der Waals surface area (Å²) in [6.45, 7) is 4.82. The van der Waals surface area contributed by atoms with Gasteiger partial charge in [-0.05, 0) is 43.7 Å². The van der Waals surface area contributed by atoms with Crippen LogP contribution in [0, 0.1) is 0 Å². The molecule has 6 nitrogen and oxygen atoms in total. The van der Waals surface area contributed by atoms with Crippen molar-refractivity contribution in [1.29, 1.82) is 0 Å². The van der Waals surface area contributed by atoms with Gasteiger partial charge in [0, 0.05) is 54.5 Å². The van der Waals surface area contributed by atoms with E-state index in [1.165, 1.54) is 0 Å². The largest absolute Gasteiger partial charge is 0.357 e. The third-order valence-corrected chi connectivity index (χ3v) is 4.21. The van der Waals surface area contributed by atoms with Crippen LogP contribution < -0.4 is 16.0 Å². The number of hydrogen-bond acceptors (Lipinski definition) is 3. The van der Waals surface area contributed by atoms with Crippen LogP contribution in [-0.4, -0.2) is 43.0 Å². The van der Waals surface area contributed by atoms with Gasteiger partial charge in [0.2, 0.25) is 0 Å². The fraction of sp³-hybridized carbons (Fsp3) is 0.350. The number of guanidine groups is 1. The van der Waals surface area contributed by atoms with Crippen molar-refractivity contribution in [3.8, 4) is 0 Å². The first kappa shape index (κ1) is 24.4. The maximum Gasteiger partial charge on any atom is 0.251 e. The van der Waals surface area contributed by atoms with E-state index in [0.29, 0.717) is 18.7 Å². The van der Waals surface area contributed by atoms with Crippen LogP contribution in [0.15, 0.2) is 58.1 Å². The van der Waals surface area contributed by atoms with Gasteiger partial charge in [0.05, 0.1) is 0 Å². The molecule has 0 radical (unpaired) electrons. The summed E-state index contributed by atoms with van der Waals surface area (Å²) in [6.07, 6.45) is 3.42. The predicted molar refractivity (Wildman–Crippen MR) is 128 cm³/mol. The molecule has 0 atom stereocenters. The average molecular weight is 560 g/mol. The zero-order chi connectivity index (χ0) is 19.3. The van der Waals surface area contributed by atoms with Crippen molar-refractivity contribution in [2.45, 2.75) is 19.8 Å². The summed E-state index contributed by atoms with van der Waals surface area (Å²) in [4.78, 5) is 20.9. The highest BCUT2D eigenvalue weighted by Crippen LogP contribution is 2.11. The lowest BCUT2D eigenvalue weighted by molar-refractivity contribution is 0.0953. The van der Waals surface area contributed by atoms with Gasteiger partial charge in [0.25, 0.3) is 5.91 Å². The van der Waals surface area contributed by atoms with Crippen LogP contribution in [0.25, 0.3) is 0 Å². The van der Waals surface area contributed by atoms with Crippen LogP contribution in [0.3, 0.4) is 0 Å². The van der Waals surface area contributed by atoms with Crippen LogP contribution in [0.5, 0.6) is 0 Å². The van der Waals surface area contributed by atoms with Gasteiger partial charge in [-0.25, -0.2) is 0 Å². The molecule has 2 rings (SSSR count). The third-order valence-electron chi connectivity index (χ3n) is 3.72. The van der Waals surface area contributed by atoms with Gasteiger partial charge < -0.3 is 16.0 Å². The van der Waals surface area contributed by atoms with Crippen molar-refractivity contribution in [1.82, 2.24) is 20.9 Å². The number of carbonyl (C=O) groups is 1. The summed E-state index contributed by atoms with van der Waals surface area (Å²) in [5.41, 5.74) is 1.70. The van der Waals surface area contributed by atoms with E-state index in [1.54, 1.807) is 12.3 Å². The monoisotopic (exact) mass is 559 g/mol. The maximum atomic E-state index is 12.1. The van der Waals surface area contributed by atoms with Gasteiger partial charge in [0.1, 0.15) is 0 Å². The molecule has 1 heterocycles. The molecule has 0 aliphatic rings. The first-order valence-electron chi connectivity index (χ1n) is 9.15. The lowest BCUT2D eigenvalue weighted by Crippen LogP contribution is -2.38. The number of nitrogens with one attached hydrogen (secondary N) is 3. The Labute approximate surface area is 192 Å². The molecule has 28 heavy (non-hydrogen) atoms. The Hall–Kier alpha value is -1.68. The highest BCUT2D eigenvalue weighted by Gasteiger charge is 2.04. The van der Waals surface area contributed by atoms with Gasteiger partial charge in [-0.1, -0.05) is 28.1 Å². The third kappa shape index (κ3) is 9.50. The molecule has 2 aromatic rings. The number of benzene rings is 1. The SMILES string of the molecule is CCNC(=NCCCNC(=O)c1cccc(Br)c1)NCCc1ccccn1.I. The topological polar surface area (TPSA) is 78.4 Å². The van der Waals surface area contributed by atoms with Gasteiger partial charge >= 0.3 is 0 Å². The molecule has 8 heteroatoms. The Balaban J connectivity index is 0.00000392. The molecular formula is C20H27BrIN5O. The first-order valence-corrected chi connectivity index (χ1v) is 9.94. The van der Waals surface area contributed by atoms with Crippen LogP contribution in [-0.2, 0) is 6.42 Å². The maximum absolute atomic E-state index is 12.1. The molecule has 0 saturated carbocycles. The van der Waals surface area contributed by atoms with Crippen LogP contribution in [0.4, 0.5) is 0 Å². The summed E-state index contributed by atoms with van der Waals surface area (Å²) in [5, 5.41) is 9.45. The summed E-state index contributed by atoms with van der Waals surface area (Å²) in [6, 6.07) is 13.3. The molecular weight excluding hydrogens is 533 g/mol. The number of aliphatic imine (C=N–C) groups is 1. The molecule has 0 aliphatic heterocycles. The van der Waals surface area contributed by atoms with E-state index < -0.39 is 0 Å². The minimum absolute atomic E-state index is 0. The van der Waals surface area contributed by atoms with Crippen LogP contribution >= 0.6 is 39.9 Å². The van der Waals surface area contributed by atoms with Gasteiger partial charge in [0.15, 0.2) is 5.96 Å². The number of rotatable bonds is 9. The molecule has 1 amide bonds. The molecule has 1 aromatic heterocycles. The Kier molecular flexibility index (Phi) is 12.5. The molecule has 0 saturated heterocycles. The lowest BCUT2D eigenvalue weighted by atomic mass is 10.2. The second-order valence-corrected chi connectivity index (χ2v) is 6.79. The summed E-state index contributed by atoms with van der Waals surface area (Å²) >= 11 is 3.37. The number of aromatic nitrogens is 1. The Morgan fingerprint density at radius 3 is 2.68 bits per heavy atom. The molecule has 0 unspecified atom stereocenters. The van der Waals surface area contributed by atoms with Crippen molar-refractivity contribution < 1.29 is 4.79 Å². The van der Waals surface area contributed by atoms with Gasteiger partial charge in [-0.3, -0.25) is 14.8 Å². The van der Waals surface area contributed by atoms with Gasteiger partial charge in [-0.2, -0.15) is 0 Å². The van der Waals surface area contributed by atoms with Crippen molar-refractivity contribution in [2.24, 2.45) is 4.99 Å². The first-order chi connectivity index (χ1) is 13.2. The normalized spacial score (nSPS) is 10.7. The molecule has 0 bridgehead atoms. The lowest BCUT2D eigenvalue weighted by Gasteiger charge is -2.11. The molecule has 0 spiro atoms. The number of pyridine rings is 1. The van der Waals surface area contributed by atoms with Crippen molar-refractivity contribution in [3.63, 3.8) is 0 Å². The van der Waals surface area contributed by atoms with Gasteiger partial charge in [-0.15, -0.1) is 24.0 Å². The molecule has 1 aromatic carbocycles. The van der Waals surface area contributed by atoms with Crippen molar-refractivity contribution in [3.05, 3.63) is 64.4 Å². The van der Waals surface area contributed by atoms with E-state index in [4.69, 9.17) is 0 Å². The van der Waals surface area contributed by atoms with E-state index in [1.807, 2.05) is 43.3 Å². The fourth-order valence-electron chi connectivity index (χ4n) is 2.40. The standard InChI is InChI=1S/C20H26BrN5O.HI/c1-2-22-20(26-14-10-18-9-3-4-11-23-18)25-13-6-12-24-19(27)16-7-5-8-17(21)15-16;/h3-5,7-9,11,15H,2,6,10,12-14H2,1H3,(H,24,27)(H2,22,25,26);1H. The summed E-state index contributed by atoms with van der Waals surface area (Å²) in [5.74, 6) is 0.715. The predicted octanol–water partition coefficient (Wildman–Crippen LogP) is 3.38. The fourth-order valence-corrected chi connectivity index (χ4v) is 2.80. The smallest absolute Gasteiger partial charge is 0.251 e. The van der Waals surface area contributed by atoms with Crippen LogP contribution in [0.2, 0.25) is 0 Å². The average Bonchev–Trinajstić information content (AvgIpc) is 2.68. The second-order valence-electron chi connectivity index (χ2n) is 5.88. The quantitative estimate of drug-likeness (QED) is 0.190. The summed E-state index contributed by atoms with van der Waals surface area (Å²) in [7, 11) is 0. The van der Waals surface area contributed by atoms with E-state index in [2.05, 4.69) is 41.9 Å². The highest BCUT2D eigenvalue weighted by molar-refractivity contribution is 14.0. The number of amides is 1. The Morgan fingerprint density at radius 1 is 1.11 bits per heavy atom. The Bertz CT molecular complexity index is 742. The molecule has 0 aliphatic carbocycles. The molecule has 3 N–H and O–H groups in total. The summed E-state index contributed by atoms with van der Waals surface area (Å²) < 4.78 is 0.895. The van der Waals surface area contributed by atoms with E-state index in [0.717, 1.165) is 42.1 Å². The zero-order valence-electron chi connectivity index (χ0n) is 16.0.